The molecule has 0 fully saturated rings. The number of rotatable bonds is 3. The molecule has 70 valence electrons. The van der Waals surface area contributed by atoms with E-state index in [-0.39, 0.29) is 0 Å². The summed E-state index contributed by atoms with van der Waals surface area (Å²) >= 11 is 4.32. The lowest BCUT2D eigenvalue weighted by atomic mass is 10.0. The molecule has 0 aliphatic rings. The van der Waals surface area contributed by atoms with E-state index in [0.717, 1.165) is 16.9 Å². The summed E-state index contributed by atoms with van der Waals surface area (Å²) in [4.78, 5) is 0.896. The zero-order valence-electron chi connectivity index (χ0n) is 8.04. The molecule has 1 aromatic rings. The lowest BCUT2D eigenvalue weighted by Gasteiger charge is -2.08. The highest BCUT2D eigenvalue weighted by Crippen LogP contribution is 2.16. The van der Waals surface area contributed by atoms with Crippen molar-refractivity contribution in [3.63, 3.8) is 0 Å². The van der Waals surface area contributed by atoms with Crippen molar-refractivity contribution in [3.8, 4) is 0 Å². The first-order valence-corrected chi connectivity index (χ1v) is 4.91. The minimum atomic E-state index is 0.528. The van der Waals surface area contributed by atoms with Crippen molar-refractivity contribution < 1.29 is 0 Å². The van der Waals surface area contributed by atoms with Gasteiger partial charge in [0.05, 0.1) is 0 Å². The SMILES string of the molecule is CC(C)CC(=N)c1ccccc1S. The maximum absolute atomic E-state index is 7.85. The van der Waals surface area contributed by atoms with Gasteiger partial charge in [-0.05, 0) is 18.4 Å². The van der Waals surface area contributed by atoms with Gasteiger partial charge in [-0.1, -0.05) is 32.0 Å². The summed E-state index contributed by atoms with van der Waals surface area (Å²) in [6.07, 6.45) is 0.817. The van der Waals surface area contributed by atoms with Crippen LogP contribution in [0.5, 0.6) is 0 Å². The molecule has 1 nitrogen and oxygen atoms in total. The molecule has 0 aliphatic heterocycles. The molecule has 0 saturated heterocycles. The van der Waals surface area contributed by atoms with Gasteiger partial charge in [-0.2, -0.15) is 0 Å². The molecule has 1 aromatic carbocycles. The fourth-order valence-corrected chi connectivity index (χ4v) is 1.54. The van der Waals surface area contributed by atoms with Crippen LogP contribution in [-0.4, -0.2) is 5.71 Å². The summed E-state index contributed by atoms with van der Waals surface area (Å²) in [7, 11) is 0. The van der Waals surface area contributed by atoms with E-state index in [2.05, 4.69) is 26.5 Å². The minimum Gasteiger partial charge on any atom is -0.305 e. The monoisotopic (exact) mass is 193 g/mol. The summed E-state index contributed by atoms with van der Waals surface area (Å²) in [5, 5.41) is 7.85. The summed E-state index contributed by atoms with van der Waals surface area (Å²) in [6, 6.07) is 7.76. The summed E-state index contributed by atoms with van der Waals surface area (Å²) < 4.78 is 0. The molecule has 1 rings (SSSR count). The van der Waals surface area contributed by atoms with Gasteiger partial charge >= 0.3 is 0 Å². The second kappa shape index (κ2) is 4.47. The Morgan fingerprint density at radius 3 is 2.54 bits per heavy atom. The maximum atomic E-state index is 7.85. The Bertz CT molecular complexity index is 305. The zero-order valence-corrected chi connectivity index (χ0v) is 8.94. The first-order chi connectivity index (χ1) is 6.11. The second-order valence-corrected chi connectivity index (χ2v) is 4.08. The highest BCUT2D eigenvalue weighted by atomic mass is 32.1. The standard InChI is InChI=1S/C11H15NS/c1-8(2)7-10(12)9-5-3-4-6-11(9)13/h3-6,8,12-13H,7H2,1-2H3. The molecule has 0 aromatic heterocycles. The molecule has 2 heteroatoms. The average Bonchev–Trinajstić information content (AvgIpc) is 2.03. The van der Waals surface area contributed by atoms with Crippen LogP contribution in [0.4, 0.5) is 0 Å². The van der Waals surface area contributed by atoms with Gasteiger partial charge in [0.1, 0.15) is 0 Å². The molecule has 0 unspecified atom stereocenters. The topological polar surface area (TPSA) is 23.9 Å². The van der Waals surface area contributed by atoms with E-state index in [9.17, 15) is 0 Å². The fraction of sp³-hybridized carbons (Fsp3) is 0.364. The molecule has 0 amide bonds. The van der Waals surface area contributed by atoms with Crippen molar-refractivity contribution in [2.24, 2.45) is 5.92 Å². The van der Waals surface area contributed by atoms with Crippen LogP contribution < -0.4 is 0 Å². The van der Waals surface area contributed by atoms with Crippen LogP contribution in [-0.2, 0) is 0 Å². The normalized spacial score (nSPS) is 10.5. The second-order valence-electron chi connectivity index (χ2n) is 3.59. The maximum Gasteiger partial charge on any atom is 0.0399 e. The van der Waals surface area contributed by atoms with Gasteiger partial charge in [0.25, 0.3) is 0 Å². The molecule has 0 aliphatic carbocycles. The molecule has 0 bridgehead atoms. The summed E-state index contributed by atoms with van der Waals surface area (Å²) in [5.74, 6) is 0.528. The zero-order chi connectivity index (χ0) is 9.84. The van der Waals surface area contributed by atoms with Crippen LogP contribution in [0, 0.1) is 11.3 Å². The van der Waals surface area contributed by atoms with Gasteiger partial charge in [-0.15, -0.1) is 12.6 Å². The predicted molar refractivity (Wildman–Crippen MR) is 60.0 cm³/mol. The van der Waals surface area contributed by atoms with Crippen LogP contribution >= 0.6 is 12.6 Å². The Kier molecular flexibility index (Phi) is 3.55. The summed E-state index contributed by atoms with van der Waals surface area (Å²) in [6.45, 7) is 4.24. The molecule has 0 radical (unpaired) electrons. The highest BCUT2D eigenvalue weighted by Gasteiger charge is 2.06. The molecule has 1 N–H and O–H groups in total. The molecular weight excluding hydrogens is 178 g/mol. The van der Waals surface area contributed by atoms with Crippen LogP contribution in [0.2, 0.25) is 0 Å². The Hall–Kier alpha value is -0.760. The van der Waals surface area contributed by atoms with Gasteiger partial charge < -0.3 is 5.41 Å². The molecule has 0 heterocycles. The van der Waals surface area contributed by atoms with Gasteiger partial charge in [0.15, 0.2) is 0 Å². The van der Waals surface area contributed by atoms with Crippen LogP contribution in [0.1, 0.15) is 25.8 Å². The number of benzene rings is 1. The Morgan fingerprint density at radius 1 is 1.38 bits per heavy atom. The van der Waals surface area contributed by atoms with Gasteiger partial charge in [0.2, 0.25) is 0 Å². The van der Waals surface area contributed by atoms with E-state index in [1.54, 1.807) is 0 Å². The van der Waals surface area contributed by atoms with E-state index in [0.29, 0.717) is 11.6 Å². The van der Waals surface area contributed by atoms with Crippen molar-refractivity contribution in [2.45, 2.75) is 25.2 Å². The first-order valence-electron chi connectivity index (χ1n) is 4.47. The third-order valence-corrected chi connectivity index (χ3v) is 2.23. The van der Waals surface area contributed by atoms with E-state index < -0.39 is 0 Å². The van der Waals surface area contributed by atoms with Gasteiger partial charge in [0, 0.05) is 16.2 Å². The smallest absolute Gasteiger partial charge is 0.0399 e. The third-order valence-electron chi connectivity index (χ3n) is 1.84. The Labute approximate surface area is 85.1 Å². The van der Waals surface area contributed by atoms with Crippen LogP contribution in [0.3, 0.4) is 0 Å². The fourth-order valence-electron chi connectivity index (χ4n) is 1.25. The van der Waals surface area contributed by atoms with E-state index in [1.807, 2.05) is 24.3 Å². The van der Waals surface area contributed by atoms with Gasteiger partial charge in [-0.25, -0.2) is 0 Å². The summed E-state index contributed by atoms with van der Waals surface area (Å²) in [5.41, 5.74) is 1.64. The number of hydrogen-bond donors (Lipinski definition) is 2. The number of thiol groups is 1. The molecule has 13 heavy (non-hydrogen) atoms. The van der Waals surface area contributed by atoms with Crippen LogP contribution in [0.15, 0.2) is 29.2 Å². The molecule has 0 saturated carbocycles. The third kappa shape index (κ3) is 2.88. The lowest BCUT2D eigenvalue weighted by molar-refractivity contribution is 0.682. The molecular formula is C11H15NS. The van der Waals surface area contributed by atoms with Crippen LogP contribution in [0.25, 0.3) is 0 Å². The lowest BCUT2D eigenvalue weighted by Crippen LogP contribution is -2.04. The van der Waals surface area contributed by atoms with Crippen molar-refractivity contribution in [1.82, 2.24) is 0 Å². The highest BCUT2D eigenvalue weighted by molar-refractivity contribution is 7.80. The minimum absolute atomic E-state index is 0.528. The van der Waals surface area contributed by atoms with Crippen molar-refractivity contribution in [1.29, 1.82) is 5.41 Å². The van der Waals surface area contributed by atoms with Crippen molar-refractivity contribution in [3.05, 3.63) is 29.8 Å². The Balaban J connectivity index is 2.83. The molecule has 0 atom stereocenters. The quantitative estimate of drug-likeness (QED) is 0.543. The van der Waals surface area contributed by atoms with E-state index in [1.165, 1.54) is 0 Å². The number of hydrogen-bond acceptors (Lipinski definition) is 2. The Morgan fingerprint density at radius 2 is 2.00 bits per heavy atom. The van der Waals surface area contributed by atoms with Crippen molar-refractivity contribution in [2.75, 3.05) is 0 Å². The van der Waals surface area contributed by atoms with Gasteiger partial charge in [-0.3, -0.25) is 0 Å². The average molecular weight is 193 g/mol. The van der Waals surface area contributed by atoms with E-state index >= 15 is 0 Å². The largest absolute Gasteiger partial charge is 0.305 e. The first kappa shape index (κ1) is 10.3. The molecule has 0 spiro atoms. The van der Waals surface area contributed by atoms with Crippen molar-refractivity contribution >= 4 is 18.3 Å². The van der Waals surface area contributed by atoms with E-state index in [4.69, 9.17) is 5.41 Å². The predicted octanol–water partition coefficient (Wildman–Crippen LogP) is 3.39. The number of nitrogens with one attached hydrogen (secondary N) is 1.